The maximum Gasteiger partial charge on any atom is 0.314 e. The van der Waals surface area contributed by atoms with Crippen molar-refractivity contribution >= 4 is 5.97 Å². The third-order valence-corrected chi connectivity index (χ3v) is 6.10. The fraction of sp³-hybridized carbons (Fsp3) is 0.933. The number of nitrogens with zero attached hydrogens (tertiary/aromatic N) is 1. The lowest BCUT2D eigenvalue weighted by Crippen LogP contribution is -2.61. The number of carbonyl (C=O) groups is 1. The molecule has 6 atom stereocenters. The monoisotopic (exact) mass is 265 g/mol. The molecular weight excluding hydrogens is 242 g/mol. The highest BCUT2D eigenvalue weighted by Gasteiger charge is 2.69. The summed E-state index contributed by atoms with van der Waals surface area (Å²) in [5.74, 6) is 0.313. The molecule has 4 heteroatoms. The van der Waals surface area contributed by atoms with Crippen LogP contribution in [0.3, 0.4) is 0 Å². The zero-order chi connectivity index (χ0) is 13.2. The number of carbonyl (C=O) groups excluding carboxylic acids is 1. The van der Waals surface area contributed by atoms with E-state index < -0.39 is 5.60 Å². The first-order valence-corrected chi connectivity index (χ1v) is 7.79. The number of aliphatic hydroxyl groups is 1. The van der Waals surface area contributed by atoms with Gasteiger partial charge in [-0.15, -0.1) is 0 Å². The topological polar surface area (TPSA) is 49.8 Å². The minimum atomic E-state index is -0.864. The van der Waals surface area contributed by atoms with Gasteiger partial charge in [0.05, 0.1) is 0 Å². The summed E-state index contributed by atoms with van der Waals surface area (Å²) in [4.78, 5) is 14.7. The average Bonchev–Trinajstić information content (AvgIpc) is 3.03. The van der Waals surface area contributed by atoms with E-state index in [9.17, 15) is 9.90 Å². The van der Waals surface area contributed by atoms with Crippen LogP contribution >= 0.6 is 0 Å². The molecule has 0 amide bonds. The minimum absolute atomic E-state index is 0.138. The number of esters is 1. The second-order valence-corrected chi connectivity index (χ2v) is 7.01. The van der Waals surface area contributed by atoms with Crippen LogP contribution < -0.4 is 0 Å². The van der Waals surface area contributed by atoms with Gasteiger partial charge in [0.25, 0.3) is 0 Å². The summed E-state index contributed by atoms with van der Waals surface area (Å²) in [7, 11) is 0. The van der Waals surface area contributed by atoms with Gasteiger partial charge in [0.15, 0.2) is 0 Å². The summed E-state index contributed by atoms with van der Waals surface area (Å²) in [6.45, 7) is 4.40. The van der Waals surface area contributed by atoms with E-state index in [1.807, 2.05) is 0 Å². The Morgan fingerprint density at radius 1 is 1.32 bits per heavy atom. The first-order chi connectivity index (χ1) is 9.12. The molecule has 2 saturated carbocycles. The fourth-order valence-electron chi connectivity index (χ4n) is 5.33. The smallest absolute Gasteiger partial charge is 0.314 e. The molecule has 4 nitrogen and oxygen atoms in total. The van der Waals surface area contributed by atoms with Gasteiger partial charge in [0, 0.05) is 6.04 Å². The lowest BCUT2D eigenvalue weighted by atomic mass is 9.64. The van der Waals surface area contributed by atoms with Crippen LogP contribution in [0.25, 0.3) is 0 Å². The SMILES string of the molecule is CC1C[C@H]2CC[C@H]3OC(=O)C(C1N1CCCC1)[C@@]23O. The molecule has 4 fully saturated rings. The Bertz CT molecular complexity index is 406. The normalized spacial score (nSPS) is 53.4. The number of hydrogen-bond acceptors (Lipinski definition) is 4. The number of rotatable bonds is 1. The molecule has 2 aliphatic heterocycles. The lowest BCUT2D eigenvalue weighted by molar-refractivity contribution is -0.150. The van der Waals surface area contributed by atoms with Gasteiger partial charge in [0.1, 0.15) is 17.6 Å². The Kier molecular flexibility index (Phi) is 2.53. The van der Waals surface area contributed by atoms with Gasteiger partial charge in [-0.25, -0.2) is 0 Å². The quantitative estimate of drug-likeness (QED) is 0.723. The van der Waals surface area contributed by atoms with Gasteiger partial charge in [0.2, 0.25) is 0 Å². The van der Waals surface area contributed by atoms with Gasteiger partial charge in [-0.1, -0.05) is 6.92 Å². The molecule has 0 radical (unpaired) electrons. The molecule has 2 saturated heterocycles. The summed E-state index contributed by atoms with van der Waals surface area (Å²) in [5.41, 5.74) is -0.864. The first kappa shape index (κ1) is 12.2. The van der Waals surface area contributed by atoms with Crippen molar-refractivity contribution in [2.75, 3.05) is 13.1 Å². The molecule has 0 aromatic heterocycles. The Morgan fingerprint density at radius 3 is 2.79 bits per heavy atom. The summed E-state index contributed by atoms with van der Waals surface area (Å²) in [6, 6.07) is 0.194. The van der Waals surface area contributed by atoms with Gasteiger partial charge in [-0.05, 0) is 57.0 Å². The van der Waals surface area contributed by atoms with Crippen LogP contribution in [-0.2, 0) is 9.53 Å². The van der Waals surface area contributed by atoms with Crippen LogP contribution in [0.5, 0.6) is 0 Å². The number of ether oxygens (including phenoxy) is 1. The predicted octanol–water partition coefficient (Wildman–Crippen LogP) is 1.17. The standard InChI is InChI=1S/C15H23NO3/c1-9-8-10-4-5-11-15(10,18)12(14(17)19-11)13(9)16-6-2-3-7-16/h9-13,18H,2-8H2,1H3/t9?,10-,11-,12?,13?,15-/m1/s1. The van der Waals surface area contributed by atoms with E-state index in [-0.39, 0.29) is 30.0 Å². The maximum atomic E-state index is 12.3. The molecule has 106 valence electrons. The van der Waals surface area contributed by atoms with Crippen LogP contribution in [0.2, 0.25) is 0 Å². The fourth-order valence-corrected chi connectivity index (χ4v) is 5.33. The molecule has 0 bridgehead atoms. The van der Waals surface area contributed by atoms with Crippen LogP contribution in [0.1, 0.15) is 39.0 Å². The molecule has 19 heavy (non-hydrogen) atoms. The summed E-state index contributed by atoms with van der Waals surface area (Å²) in [6.07, 6.45) is 5.12. The van der Waals surface area contributed by atoms with Crippen molar-refractivity contribution in [3.8, 4) is 0 Å². The van der Waals surface area contributed by atoms with Gasteiger partial charge < -0.3 is 9.84 Å². The molecular formula is C15H23NO3. The molecule has 0 aromatic carbocycles. The molecule has 0 spiro atoms. The van der Waals surface area contributed by atoms with Crippen molar-refractivity contribution < 1.29 is 14.6 Å². The predicted molar refractivity (Wildman–Crippen MR) is 69.4 cm³/mol. The van der Waals surface area contributed by atoms with Crippen molar-refractivity contribution in [1.82, 2.24) is 4.90 Å². The van der Waals surface area contributed by atoms with Crippen molar-refractivity contribution in [2.45, 2.75) is 56.8 Å². The molecule has 1 N–H and O–H groups in total. The van der Waals surface area contributed by atoms with E-state index in [2.05, 4.69) is 11.8 Å². The second-order valence-electron chi connectivity index (χ2n) is 7.01. The van der Waals surface area contributed by atoms with E-state index >= 15 is 0 Å². The molecule has 4 aliphatic rings. The summed E-state index contributed by atoms with van der Waals surface area (Å²) >= 11 is 0. The zero-order valence-corrected chi connectivity index (χ0v) is 11.5. The van der Waals surface area contributed by atoms with Gasteiger partial charge in [-0.3, -0.25) is 9.69 Å². The minimum Gasteiger partial charge on any atom is -0.459 e. The van der Waals surface area contributed by atoms with E-state index in [1.165, 1.54) is 12.8 Å². The van der Waals surface area contributed by atoms with Crippen molar-refractivity contribution in [3.63, 3.8) is 0 Å². The van der Waals surface area contributed by atoms with Crippen LogP contribution in [0.4, 0.5) is 0 Å². The lowest BCUT2D eigenvalue weighted by Gasteiger charge is -2.48. The highest BCUT2D eigenvalue weighted by Crippen LogP contribution is 2.56. The van der Waals surface area contributed by atoms with Crippen LogP contribution in [0.15, 0.2) is 0 Å². The Balaban J connectivity index is 1.73. The number of hydrogen-bond donors (Lipinski definition) is 1. The first-order valence-electron chi connectivity index (χ1n) is 7.79. The summed E-state index contributed by atoms with van der Waals surface area (Å²) in [5, 5.41) is 11.2. The van der Waals surface area contributed by atoms with Crippen molar-refractivity contribution in [3.05, 3.63) is 0 Å². The molecule has 3 unspecified atom stereocenters. The summed E-state index contributed by atoms with van der Waals surface area (Å²) < 4.78 is 5.52. The third-order valence-electron chi connectivity index (χ3n) is 6.10. The molecule has 2 heterocycles. The van der Waals surface area contributed by atoms with Crippen LogP contribution in [-0.4, -0.2) is 46.8 Å². The van der Waals surface area contributed by atoms with Crippen molar-refractivity contribution in [2.24, 2.45) is 17.8 Å². The highest BCUT2D eigenvalue weighted by atomic mass is 16.6. The Hall–Kier alpha value is -0.610. The Morgan fingerprint density at radius 2 is 2.05 bits per heavy atom. The molecule has 2 aliphatic carbocycles. The second kappa shape index (κ2) is 3.95. The van der Waals surface area contributed by atoms with E-state index in [1.54, 1.807) is 0 Å². The number of likely N-dealkylation sites (tertiary alicyclic amines) is 1. The van der Waals surface area contributed by atoms with Gasteiger partial charge in [-0.2, -0.15) is 0 Å². The van der Waals surface area contributed by atoms with Gasteiger partial charge >= 0.3 is 5.97 Å². The zero-order valence-electron chi connectivity index (χ0n) is 11.5. The van der Waals surface area contributed by atoms with E-state index in [0.29, 0.717) is 5.92 Å². The Labute approximate surface area is 114 Å². The molecule has 4 rings (SSSR count). The average molecular weight is 265 g/mol. The van der Waals surface area contributed by atoms with E-state index in [0.717, 1.165) is 32.4 Å². The largest absolute Gasteiger partial charge is 0.459 e. The van der Waals surface area contributed by atoms with Crippen LogP contribution in [0, 0.1) is 17.8 Å². The highest BCUT2D eigenvalue weighted by molar-refractivity contribution is 5.78. The van der Waals surface area contributed by atoms with Crippen molar-refractivity contribution in [1.29, 1.82) is 0 Å². The molecule has 0 aromatic rings. The van der Waals surface area contributed by atoms with E-state index in [4.69, 9.17) is 4.74 Å². The maximum absolute atomic E-state index is 12.3. The third kappa shape index (κ3) is 1.44.